The van der Waals surface area contributed by atoms with Crippen molar-refractivity contribution in [3.8, 4) is 0 Å². The number of fused-ring (bicyclic) bond motifs is 7. The van der Waals surface area contributed by atoms with Gasteiger partial charge in [0.05, 0.1) is 24.9 Å². The molecule has 11 unspecified atom stereocenters. The van der Waals surface area contributed by atoms with Gasteiger partial charge in [0.1, 0.15) is 0 Å². The lowest BCUT2D eigenvalue weighted by molar-refractivity contribution is -0.273. The second-order valence-corrected chi connectivity index (χ2v) is 13.2. The quantitative estimate of drug-likeness (QED) is 0.579. The van der Waals surface area contributed by atoms with Gasteiger partial charge in [-0.05, 0) is 97.7 Å². The molecule has 31 heavy (non-hydrogen) atoms. The van der Waals surface area contributed by atoms with Crippen LogP contribution in [0, 0.1) is 52.3 Å². The van der Waals surface area contributed by atoms with Gasteiger partial charge in [-0.1, -0.05) is 27.7 Å². The molecular weight excluding hydrogens is 388 g/mol. The van der Waals surface area contributed by atoms with E-state index >= 15 is 0 Å². The number of ether oxygens (including phenoxy) is 2. The molecule has 6 aliphatic rings. The summed E-state index contributed by atoms with van der Waals surface area (Å²) < 4.78 is 13.3. The van der Waals surface area contributed by atoms with Gasteiger partial charge in [0.15, 0.2) is 5.79 Å². The molecule has 2 N–H and O–H groups in total. The Labute approximate surface area is 188 Å². The fraction of sp³-hybridized carbons (Fsp3) is 1.00. The standard InChI is InChI=1S/C27H44O4/c1-15-5-10-27(30-14-15)16(2)24-23(31-27)13-20-18-12-22(29)21-11-17(28)6-8-25(21,3)19(18)7-9-26(20,24)4/h15-24,28-29H,5-14H2,1-4H3/t15?,16-,17?,18?,19?,20?,21?,22?,23?,24?,25?,26?,27+/m0/s1. The Hall–Kier alpha value is -0.160. The van der Waals surface area contributed by atoms with E-state index in [2.05, 4.69) is 27.7 Å². The molecule has 4 heteroatoms. The smallest absolute Gasteiger partial charge is 0.171 e. The highest BCUT2D eigenvalue weighted by Gasteiger charge is 2.69. The Balaban J connectivity index is 1.28. The molecule has 2 saturated heterocycles. The lowest BCUT2D eigenvalue weighted by atomic mass is 9.43. The normalized spacial score (nSPS) is 63.3. The molecule has 0 aromatic rings. The van der Waals surface area contributed by atoms with Crippen LogP contribution in [0.2, 0.25) is 0 Å². The van der Waals surface area contributed by atoms with Crippen LogP contribution in [0.3, 0.4) is 0 Å². The zero-order valence-corrected chi connectivity index (χ0v) is 20.1. The summed E-state index contributed by atoms with van der Waals surface area (Å²) in [6.07, 6.45) is 9.58. The van der Waals surface area contributed by atoms with Crippen LogP contribution in [0.25, 0.3) is 0 Å². The fourth-order valence-electron chi connectivity index (χ4n) is 10.3. The molecule has 6 fully saturated rings. The highest BCUT2D eigenvalue weighted by molar-refractivity contribution is 5.16. The van der Waals surface area contributed by atoms with Crippen molar-refractivity contribution in [1.82, 2.24) is 0 Å². The van der Waals surface area contributed by atoms with Crippen molar-refractivity contribution < 1.29 is 19.7 Å². The molecule has 0 aromatic heterocycles. The zero-order chi connectivity index (χ0) is 21.8. The first kappa shape index (κ1) is 21.4. The number of hydrogen-bond acceptors (Lipinski definition) is 4. The maximum Gasteiger partial charge on any atom is 0.171 e. The summed E-state index contributed by atoms with van der Waals surface area (Å²) in [7, 11) is 0. The minimum absolute atomic E-state index is 0.191. The van der Waals surface area contributed by atoms with Crippen LogP contribution >= 0.6 is 0 Å². The van der Waals surface area contributed by atoms with E-state index in [1.807, 2.05) is 0 Å². The molecule has 0 bridgehead atoms. The van der Waals surface area contributed by atoms with Crippen molar-refractivity contribution in [3.63, 3.8) is 0 Å². The van der Waals surface area contributed by atoms with Crippen LogP contribution in [0.1, 0.15) is 85.5 Å². The molecule has 176 valence electrons. The lowest BCUT2D eigenvalue weighted by Gasteiger charge is -2.62. The van der Waals surface area contributed by atoms with Crippen molar-refractivity contribution in [2.75, 3.05) is 6.61 Å². The van der Waals surface area contributed by atoms with Crippen LogP contribution in [-0.4, -0.2) is 40.9 Å². The minimum Gasteiger partial charge on any atom is -0.393 e. The van der Waals surface area contributed by atoms with Crippen LogP contribution in [0.4, 0.5) is 0 Å². The van der Waals surface area contributed by atoms with Gasteiger partial charge in [-0.2, -0.15) is 0 Å². The first-order valence-corrected chi connectivity index (χ1v) is 13.4. The molecule has 4 aliphatic carbocycles. The highest BCUT2D eigenvalue weighted by atomic mass is 16.7. The molecule has 1 spiro atoms. The van der Waals surface area contributed by atoms with Crippen LogP contribution in [0.5, 0.6) is 0 Å². The number of rotatable bonds is 0. The van der Waals surface area contributed by atoms with Crippen molar-refractivity contribution >= 4 is 0 Å². The molecule has 4 nitrogen and oxygen atoms in total. The largest absolute Gasteiger partial charge is 0.393 e. The average molecular weight is 433 g/mol. The second kappa shape index (κ2) is 6.93. The van der Waals surface area contributed by atoms with E-state index in [4.69, 9.17) is 9.47 Å². The zero-order valence-electron chi connectivity index (χ0n) is 20.1. The maximum absolute atomic E-state index is 11.2. The van der Waals surface area contributed by atoms with Gasteiger partial charge < -0.3 is 19.7 Å². The molecule has 2 heterocycles. The van der Waals surface area contributed by atoms with Gasteiger partial charge in [0, 0.05) is 12.3 Å². The van der Waals surface area contributed by atoms with Crippen molar-refractivity contribution in [1.29, 1.82) is 0 Å². The fourth-order valence-corrected chi connectivity index (χ4v) is 10.3. The Bertz CT molecular complexity index is 716. The van der Waals surface area contributed by atoms with E-state index in [0.29, 0.717) is 47.0 Å². The summed E-state index contributed by atoms with van der Waals surface area (Å²) >= 11 is 0. The first-order valence-electron chi connectivity index (χ1n) is 13.4. The predicted octanol–water partition coefficient (Wildman–Crippen LogP) is 4.76. The maximum atomic E-state index is 11.2. The Morgan fingerprint density at radius 2 is 1.58 bits per heavy atom. The van der Waals surface area contributed by atoms with Gasteiger partial charge in [0.2, 0.25) is 0 Å². The predicted molar refractivity (Wildman–Crippen MR) is 119 cm³/mol. The van der Waals surface area contributed by atoms with Gasteiger partial charge in [-0.15, -0.1) is 0 Å². The summed E-state index contributed by atoms with van der Waals surface area (Å²) in [6.45, 7) is 10.6. The highest BCUT2D eigenvalue weighted by Crippen LogP contribution is 2.71. The van der Waals surface area contributed by atoms with Crippen molar-refractivity contribution in [2.45, 2.75) is 110 Å². The first-order chi connectivity index (χ1) is 14.7. The number of aliphatic hydroxyl groups is 2. The summed E-state index contributed by atoms with van der Waals surface area (Å²) in [4.78, 5) is 0. The average Bonchev–Trinajstić information content (AvgIpc) is 3.17. The lowest BCUT2D eigenvalue weighted by Crippen LogP contribution is -2.58. The number of hydrogen-bond donors (Lipinski definition) is 2. The van der Waals surface area contributed by atoms with E-state index in [1.165, 1.54) is 19.3 Å². The Kier molecular flexibility index (Phi) is 4.78. The third-order valence-electron chi connectivity index (χ3n) is 11.9. The van der Waals surface area contributed by atoms with Crippen LogP contribution in [0.15, 0.2) is 0 Å². The van der Waals surface area contributed by atoms with Gasteiger partial charge in [-0.3, -0.25) is 0 Å². The topological polar surface area (TPSA) is 58.9 Å². The van der Waals surface area contributed by atoms with Crippen LogP contribution in [-0.2, 0) is 9.47 Å². The Morgan fingerprint density at radius 3 is 2.32 bits per heavy atom. The molecule has 2 aliphatic heterocycles. The summed E-state index contributed by atoms with van der Waals surface area (Å²) in [6, 6.07) is 0. The van der Waals surface area contributed by atoms with E-state index in [-0.39, 0.29) is 29.3 Å². The molecule has 0 amide bonds. The molecular formula is C27H44O4. The van der Waals surface area contributed by atoms with Gasteiger partial charge in [-0.25, -0.2) is 0 Å². The monoisotopic (exact) mass is 432 g/mol. The molecule has 6 rings (SSSR count). The third kappa shape index (κ3) is 2.80. The molecule has 13 atom stereocenters. The van der Waals surface area contributed by atoms with Crippen molar-refractivity contribution in [2.24, 2.45) is 52.3 Å². The Morgan fingerprint density at radius 1 is 0.806 bits per heavy atom. The summed E-state index contributed by atoms with van der Waals surface area (Å²) in [5, 5.41) is 21.5. The van der Waals surface area contributed by atoms with E-state index < -0.39 is 0 Å². The van der Waals surface area contributed by atoms with E-state index in [9.17, 15) is 10.2 Å². The van der Waals surface area contributed by atoms with E-state index in [1.54, 1.807) is 0 Å². The minimum atomic E-state index is -0.338. The van der Waals surface area contributed by atoms with Gasteiger partial charge >= 0.3 is 0 Å². The third-order valence-corrected chi connectivity index (χ3v) is 11.9. The molecule has 0 radical (unpaired) electrons. The SMILES string of the molecule is CC1CC[C@@]2(OC1)OC1CC3C4CC(O)C5CC(O)CCC5(C)C4CCC3(C)C1[C@@H]2C. The molecule has 4 saturated carbocycles. The van der Waals surface area contributed by atoms with Gasteiger partial charge in [0.25, 0.3) is 0 Å². The molecule has 0 aromatic carbocycles. The summed E-state index contributed by atoms with van der Waals surface area (Å²) in [5.74, 6) is 3.58. The van der Waals surface area contributed by atoms with Crippen molar-refractivity contribution in [3.05, 3.63) is 0 Å². The summed E-state index contributed by atoms with van der Waals surface area (Å²) in [5.41, 5.74) is 0.495. The number of aliphatic hydroxyl groups excluding tert-OH is 2. The van der Waals surface area contributed by atoms with E-state index in [0.717, 1.165) is 45.1 Å². The second-order valence-electron chi connectivity index (χ2n) is 13.2. The van der Waals surface area contributed by atoms with Crippen LogP contribution < -0.4 is 0 Å².